The van der Waals surface area contributed by atoms with Gasteiger partial charge in [0, 0.05) is 11.3 Å². The van der Waals surface area contributed by atoms with Crippen LogP contribution in [0.15, 0.2) is 71.9 Å². The molecule has 1 unspecified atom stereocenters. The van der Waals surface area contributed by atoms with Gasteiger partial charge in [0.2, 0.25) is 5.88 Å². The topological polar surface area (TPSA) is 89.0 Å². The number of rotatable bonds is 6. The van der Waals surface area contributed by atoms with E-state index in [1.807, 2.05) is 60.7 Å². The minimum atomic E-state index is -1.48. The maximum absolute atomic E-state index is 13.5. The molecule has 1 aliphatic rings. The molecule has 1 aliphatic carbocycles. The van der Waals surface area contributed by atoms with Crippen LogP contribution in [-0.4, -0.2) is 25.1 Å². The Hall–Kier alpha value is -3.03. The Morgan fingerprint density at radius 2 is 1.83 bits per heavy atom. The first-order valence-corrected chi connectivity index (χ1v) is 10.6. The molecule has 2 aromatic heterocycles. The lowest BCUT2D eigenvalue weighted by molar-refractivity contribution is 0.292. The van der Waals surface area contributed by atoms with Crippen LogP contribution in [0, 0.1) is 5.92 Å². The molecule has 5 rings (SSSR count). The smallest absolute Gasteiger partial charge is 0.226 e. The summed E-state index contributed by atoms with van der Waals surface area (Å²) < 4.78 is 21.2. The molecule has 0 saturated heterocycles. The summed E-state index contributed by atoms with van der Waals surface area (Å²) in [4.78, 5) is 9.48. The molecule has 1 atom stereocenters. The minimum Gasteiger partial charge on any atom is -0.587 e. The Morgan fingerprint density at radius 3 is 2.55 bits per heavy atom. The van der Waals surface area contributed by atoms with E-state index in [4.69, 9.17) is 10.5 Å². The molecular weight excluding hydrogens is 384 g/mol. The molecule has 0 bridgehead atoms. The normalized spacial score (nSPS) is 14.8. The van der Waals surface area contributed by atoms with E-state index in [2.05, 4.69) is 9.97 Å². The van der Waals surface area contributed by atoms with Crippen molar-refractivity contribution in [3.63, 3.8) is 0 Å². The van der Waals surface area contributed by atoms with Crippen molar-refractivity contribution in [2.45, 2.75) is 17.7 Å². The first-order chi connectivity index (χ1) is 14.2. The number of ether oxygens (including phenoxy) is 1. The van der Waals surface area contributed by atoms with E-state index in [9.17, 15) is 4.55 Å². The maximum atomic E-state index is 13.5. The van der Waals surface area contributed by atoms with Gasteiger partial charge in [-0.1, -0.05) is 30.3 Å². The summed E-state index contributed by atoms with van der Waals surface area (Å²) in [6.45, 7) is 0.649. The fraction of sp³-hybridized carbons (Fsp3) is 0.182. The van der Waals surface area contributed by atoms with Gasteiger partial charge in [0.05, 0.1) is 12.0 Å². The zero-order chi connectivity index (χ0) is 19.8. The quantitative estimate of drug-likeness (QED) is 0.387. The van der Waals surface area contributed by atoms with Gasteiger partial charge in [0.15, 0.2) is 10.5 Å². The number of fused-ring (bicyclic) bond motifs is 1. The third kappa shape index (κ3) is 3.54. The van der Waals surface area contributed by atoms with Crippen molar-refractivity contribution >= 4 is 28.1 Å². The predicted molar refractivity (Wildman–Crippen MR) is 114 cm³/mol. The van der Waals surface area contributed by atoms with Gasteiger partial charge in [-0.25, -0.2) is 9.97 Å². The molecule has 7 heteroatoms. The van der Waals surface area contributed by atoms with E-state index in [0.29, 0.717) is 34.6 Å². The van der Waals surface area contributed by atoms with Crippen molar-refractivity contribution in [3.05, 3.63) is 67.0 Å². The second-order valence-electron chi connectivity index (χ2n) is 7.18. The summed E-state index contributed by atoms with van der Waals surface area (Å²) in [5, 5.41) is 0.754. The number of aromatic nitrogens is 3. The number of hydrogen-bond donors (Lipinski definition) is 1. The SMILES string of the molecule is Nc1ccc(-c2cc3c(OCC4CC4)ncnc3n2[S+]([O-])c2ccccc2)cc1. The fourth-order valence-corrected chi connectivity index (χ4v) is 4.47. The summed E-state index contributed by atoms with van der Waals surface area (Å²) in [5.74, 6) is 1.14. The van der Waals surface area contributed by atoms with Crippen molar-refractivity contribution in [2.24, 2.45) is 5.92 Å². The van der Waals surface area contributed by atoms with Crippen LogP contribution in [0.5, 0.6) is 5.88 Å². The molecule has 0 radical (unpaired) electrons. The monoisotopic (exact) mass is 404 g/mol. The average Bonchev–Trinajstić information content (AvgIpc) is 3.51. The van der Waals surface area contributed by atoms with Crippen LogP contribution in [-0.2, 0) is 11.4 Å². The average molecular weight is 404 g/mol. The highest BCUT2D eigenvalue weighted by Gasteiger charge is 2.27. The van der Waals surface area contributed by atoms with E-state index >= 15 is 0 Å². The molecule has 4 aromatic rings. The van der Waals surface area contributed by atoms with E-state index in [1.165, 1.54) is 19.2 Å². The summed E-state index contributed by atoms with van der Waals surface area (Å²) in [6, 6.07) is 18.8. The Morgan fingerprint density at radius 1 is 1.07 bits per heavy atom. The highest BCUT2D eigenvalue weighted by molar-refractivity contribution is 7.90. The molecule has 2 N–H and O–H groups in total. The highest BCUT2D eigenvalue weighted by atomic mass is 32.2. The van der Waals surface area contributed by atoms with Gasteiger partial charge in [0.25, 0.3) is 0 Å². The van der Waals surface area contributed by atoms with Gasteiger partial charge in [-0.3, -0.25) is 0 Å². The van der Waals surface area contributed by atoms with Gasteiger partial charge in [-0.05, 0) is 49.1 Å². The third-order valence-electron chi connectivity index (χ3n) is 4.99. The van der Waals surface area contributed by atoms with Crippen LogP contribution < -0.4 is 10.5 Å². The molecule has 1 saturated carbocycles. The van der Waals surface area contributed by atoms with Crippen LogP contribution >= 0.6 is 0 Å². The van der Waals surface area contributed by atoms with Crippen molar-refractivity contribution in [1.29, 1.82) is 0 Å². The second kappa shape index (κ2) is 7.42. The van der Waals surface area contributed by atoms with Gasteiger partial charge in [-0.15, -0.1) is 3.97 Å². The largest absolute Gasteiger partial charge is 0.587 e. The van der Waals surface area contributed by atoms with Crippen LogP contribution in [0.1, 0.15) is 12.8 Å². The summed E-state index contributed by atoms with van der Waals surface area (Å²) in [6.07, 6.45) is 3.86. The Balaban J connectivity index is 1.68. The molecule has 1 fully saturated rings. The number of benzene rings is 2. The van der Waals surface area contributed by atoms with E-state index in [-0.39, 0.29) is 0 Å². The van der Waals surface area contributed by atoms with Crippen LogP contribution in [0.4, 0.5) is 5.69 Å². The molecule has 0 amide bonds. The first kappa shape index (κ1) is 18.0. The van der Waals surface area contributed by atoms with Gasteiger partial charge < -0.3 is 15.0 Å². The van der Waals surface area contributed by atoms with Crippen LogP contribution in [0.25, 0.3) is 22.3 Å². The summed E-state index contributed by atoms with van der Waals surface area (Å²) >= 11 is -1.48. The Labute approximate surface area is 171 Å². The van der Waals surface area contributed by atoms with Crippen molar-refractivity contribution in [3.8, 4) is 17.1 Å². The molecule has 2 heterocycles. The zero-order valence-electron chi connectivity index (χ0n) is 15.7. The maximum Gasteiger partial charge on any atom is 0.226 e. The summed E-state index contributed by atoms with van der Waals surface area (Å²) in [5.41, 5.74) is 8.79. The molecule has 0 spiro atoms. The predicted octanol–water partition coefficient (Wildman–Crippen LogP) is 4.04. The van der Waals surface area contributed by atoms with Gasteiger partial charge in [0.1, 0.15) is 23.4 Å². The molecule has 146 valence electrons. The Bertz CT molecular complexity index is 1140. The van der Waals surface area contributed by atoms with E-state index in [1.54, 1.807) is 3.97 Å². The number of anilines is 1. The van der Waals surface area contributed by atoms with Crippen molar-refractivity contribution in [1.82, 2.24) is 13.9 Å². The fourth-order valence-electron chi connectivity index (χ4n) is 3.23. The van der Waals surface area contributed by atoms with E-state index in [0.717, 1.165) is 16.6 Å². The zero-order valence-corrected chi connectivity index (χ0v) is 16.5. The number of nitrogen functional groups attached to an aromatic ring is 1. The summed E-state index contributed by atoms with van der Waals surface area (Å²) in [7, 11) is 0. The van der Waals surface area contributed by atoms with E-state index < -0.39 is 11.4 Å². The van der Waals surface area contributed by atoms with Crippen molar-refractivity contribution < 1.29 is 9.29 Å². The molecule has 2 aromatic carbocycles. The van der Waals surface area contributed by atoms with Gasteiger partial charge >= 0.3 is 0 Å². The first-order valence-electron chi connectivity index (χ1n) is 9.53. The van der Waals surface area contributed by atoms with Gasteiger partial charge in [-0.2, -0.15) is 0 Å². The molecule has 6 nitrogen and oxygen atoms in total. The Kier molecular flexibility index (Phi) is 4.61. The lowest BCUT2D eigenvalue weighted by Crippen LogP contribution is -2.15. The number of hydrogen-bond acceptors (Lipinski definition) is 5. The molecule has 29 heavy (non-hydrogen) atoms. The van der Waals surface area contributed by atoms with Crippen LogP contribution in [0.3, 0.4) is 0 Å². The highest BCUT2D eigenvalue weighted by Crippen LogP contribution is 2.36. The molecule has 0 aliphatic heterocycles. The van der Waals surface area contributed by atoms with Crippen LogP contribution in [0.2, 0.25) is 0 Å². The second-order valence-corrected chi connectivity index (χ2v) is 8.51. The minimum absolute atomic E-state index is 0.530. The molecular formula is C22H20N4O2S. The number of nitrogens with two attached hydrogens (primary N) is 1. The number of nitrogens with zero attached hydrogens (tertiary/aromatic N) is 3. The third-order valence-corrected chi connectivity index (χ3v) is 6.37. The lowest BCUT2D eigenvalue weighted by atomic mass is 10.1. The van der Waals surface area contributed by atoms with Crippen molar-refractivity contribution in [2.75, 3.05) is 12.3 Å². The standard InChI is InChI=1S/C22H20N4O2S/c23-17-10-8-16(9-11-17)20-12-19-21(24-14-25-22(19)28-13-15-6-7-15)26(20)29(27)18-4-2-1-3-5-18/h1-5,8-12,14-15H,6-7,13,23H2. The lowest BCUT2D eigenvalue weighted by Gasteiger charge is -2.14.